The Hall–Kier alpha value is -3.29. The minimum Gasteiger partial charge on any atom is -0.478 e. The van der Waals surface area contributed by atoms with Crippen LogP contribution < -0.4 is 0 Å². The van der Waals surface area contributed by atoms with Gasteiger partial charge in [0.15, 0.2) is 0 Å². The highest BCUT2D eigenvalue weighted by Gasteiger charge is 2.16. The number of carboxylic acids is 1. The zero-order chi connectivity index (χ0) is 16.3. The summed E-state index contributed by atoms with van der Waals surface area (Å²) in [6, 6.07) is 9.14. The molecule has 0 amide bonds. The van der Waals surface area contributed by atoms with Crippen molar-refractivity contribution in [1.29, 1.82) is 0 Å². The van der Waals surface area contributed by atoms with Crippen LogP contribution in [-0.4, -0.2) is 20.9 Å². The molecule has 0 aliphatic carbocycles. The summed E-state index contributed by atoms with van der Waals surface area (Å²) < 4.78 is 0. The molecule has 1 N–H and O–H groups in total. The largest absolute Gasteiger partial charge is 0.478 e. The summed E-state index contributed by atoms with van der Waals surface area (Å²) in [5.74, 6) is -1.21. The smallest absolute Gasteiger partial charge is 0.335 e. The number of carbonyl (C=O) groups is 1. The molecule has 0 aromatic heterocycles. The van der Waals surface area contributed by atoms with Crippen molar-refractivity contribution in [3.05, 3.63) is 79.4 Å². The van der Waals surface area contributed by atoms with Crippen LogP contribution >= 0.6 is 0 Å². The summed E-state index contributed by atoms with van der Waals surface area (Å²) in [6.07, 6.45) is 0.0466. The van der Waals surface area contributed by atoms with Crippen LogP contribution in [0.25, 0.3) is 0 Å². The lowest BCUT2D eigenvalue weighted by Crippen LogP contribution is -2.04. The molecular formula is C14H10N2O6. The summed E-state index contributed by atoms with van der Waals surface area (Å²) in [4.78, 5) is 31.6. The normalized spacial score (nSPS) is 10.2. The van der Waals surface area contributed by atoms with E-state index in [1.165, 1.54) is 24.3 Å². The Kier molecular flexibility index (Phi) is 4.12. The van der Waals surface area contributed by atoms with Gasteiger partial charge in [-0.2, -0.15) is 0 Å². The van der Waals surface area contributed by atoms with Crippen molar-refractivity contribution >= 4 is 17.3 Å². The number of non-ortho nitro benzene ring substituents is 2. The van der Waals surface area contributed by atoms with Gasteiger partial charge in [-0.1, -0.05) is 12.1 Å². The number of hydrogen-bond donors (Lipinski definition) is 1. The van der Waals surface area contributed by atoms with Gasteiger partial charge in [0.1, 0.15) is 0 Å². The minimum absolute atomic E-state index is 0.0466. The van der Waals surface area contributed by atoms with Crippen molar-refractivity contribution in [2.75, 3.05) is 0 Å². The molecule has 2 aromatic rings. The second-order valence-electron chi connectivity index (χ2n) is 4.51. The van der Waals surface area contributed by atoms with E-state index in [0.29, 0.717) is 5.56 Å². The highest BCUT2D eigenvalue weighted by atomic mass is 16.6. The maximum absolute atomic E-state index is 11.2. The van der Waals surface area contributed by atoms with Crippen LogP contribution in [0.2, 0.25) is 0 Å². The number of carboxylic acid groups (broad SMARTS) is 1. The van der Waals surface area contributed by atoms with Gasteiger partial charge in [0.25, 0.3) is 11.4 Å². The molecule has 2 aromatic carbocycles. The average Bonchev–Trinajstić information content (AvgIpc) is 2.47. The quantitative estimate of drug-likeness (QED) is 0.669. The number of aromatic carboxylic acids is 1. The average molecular weight is 302 g/mol. The third kappa shape index (κ3) is 3.23. The van der Waals surface area contributed by atoms with Gasteiger partial charge >= 0.3 is 5.97 Å². The Balaban J connectivity index is 2.45. The molecule has 0 fully saturated rings. The highest BCUT2D eigenvalue weighted by Crippen LogP contribution is 2.22. The molecule has 2 rings (SSSR count). The summed E-state index contributed by atoms with van der Waals surface area (Å²) in [6.45, 7) is 0. The van der Waals surface area contributed by atoms with Crippen LogP contribution in [0.4, 0.5) is 11.4 Å². The first kappa shape index (κ1) is 15.1. The molecule has 8 heteroatoms. The molecule has 22 heavy (non-hydrogen) atoms. The second-order valence-corrected chi connectivity index (χ2v) is 4.51. The van der Waals surface area contributed by atoms with Gasteiger partial charge in [-0.25, -0.2) is 4.79 Å². The van der Waals surface area contributed by atoms with Crippen molar-refractivity contribution < 1.29 is 19.7 Å². The van der Waals surface area contributed by atoms with E-state index in [4.69, 9.17) is 5.11 Å². The second kappa shape index (κ2) is 6.00. The van der Waals surface area contributed by atoms with E-state index in [2.05, 4.69) is 0 Å². The molecule has 0 spiro atoms. The lowest BCUT2D eigenvalue weighted by Gasteiger charge is -2.06. The molecule has 0 radical (unpaired) electrons. The molecule has 112 valence electrons. The molecule has 0 aliphatic heterocycles. The Bertz CT molecular complexity index is 772. The first-order valence-electron chi connectivity index (χ1n) is 6.12. The molecule has 0 saturated carbocycles. The van der Waals surface area contributed by atoms with E-state index in [0.717, 1.165) is 12.1 Å². The number of hydrogen-bond acceptors (Lipinski definition) is 5. The van der Waals surface area contributed by atoms with Gasteiger partial charge in [-0.15, -0.1) is 0 Å². The predicted octanol–water partition coefficient (Wildman–Crippen LogP) is 2.79. The van der Waals surface area contributed by atoms with Crippen LogP contribution in [0.1, 0.15) is 21.5 Å². The van der Waals surface area contributed by atoms with Gasteiger partial charge in [0.2, 0.25) is 0 Å². The molecule has 0 saturated heterocycles. The molecule has 0 bridgehead atoms. The summed E-state index contributed by atoms with van der Waals surface area (Å²) in [5.41, 5.74) is 0.293. The zero-order valence-corrected chi connectivity index (χ0v) is 11.1. The Morgan fingerprint density at radius 1 is 1.00 bits per heavy atom. The van der Waals surface area contributed by atoms with Crippen molar-refractivity contribution in [2.45, 2.75) is 6.42 Å². The van der Waals surface area contributed by atoms with Crippen molar-refractivity contribution in [3.8, 4) is 0 Å². The van der Waals surface area contributed by atoms with Crippen LogP contribution in [0.5, 0.6) is 0 Å². The van der Waals surface area contributed by atoms with Crippen LogP contribution in [-0.2, 0) is 6.42 Å². The zero-order valence-electron chi connectivity index (χ0n) is 11.1. The van der Waals surface area contributed by atoms with Crippen LogP contribution in [0.3, 0.4) is 0 Å². The maximum atomic E-state index is 11.2. The van der Waals surface area contributed by atoms with E-state index >= 15 is 0 Å². The third-order valence-electron chi connectivity index (χ3n) is 3.05. The van der Waals surface area contributed by atoms with E-state index < -0.39 is 15.8 Å². The van der Waals surface area contributed by atoms with E-state index in [1.54, 1.807) is 6.07 Å². The van der Waals surface area contributed by atoms with E-state index in [9.17, 15) is 25.0 Å². The monoisotopic (exact) mass is 302 g/mol. The Labute approximate surface area is 123 Å². The SMILES string of the molecule is O=C(O)c1ccc([N+](=O)[O-])cc1Cc1cccc([N+](=O)[O-])c1. The van der Waals surface area contributed by atoms with Crippen molar-refractivity contribution in [3.63, 3.8) is 0 Å². The van der Waals surface area contributed by atoms with Gasteiger partial charge in [-0.3, -0.25) is 20.2 Å². The number of nitro benzene ring substituents is 2. The van der Waals surface area contributed by atoms with Crippen molar-refractivity contribution in [1.82, 2.24) is 0 Å². The molecular weight excluding hydrogens is 292 g/mol. The summed E-state index contributed by atoms with van der Waals surface area (Å²) in [7, 11) is 0. The molecule has 8 nitrogen and oxygen atoms in total. The van der Waals surface area contributed by atoms with Crippen LogP contribution in [0, 0.1) is 20.2 Å². The number of rotatable bonds is 5. The molecule has 0 aliphatic rings. The number of nitro groups is 2. The first-order chi connectivity index (χ1) is 10.4. The number of nitrogens with zero attached hydrogens (tertiary/aromatic N) is 2. The number of benzene rings is 2. The Morgan fingerprint density at radius 3 is 2.23 bits per heavy atom. The van der Waals surface area contributed by atoms with Gasteiger partial charge < -0.3 is 5.11 Å². The van der Waals surface area contributed by atoms with Crippen LogP contribution in [0.15, 0.2) is 42.5 Å². The van der Waals surface area contributed by atoms with Crippen molar-refractivity contribution in [2.24, 2.45) is 0 Å². The highest BCUT2D eigenvalue weighted by molar-refractivity contribution is 5.90. The molecule has 0 heterocycles. The fourth-order valence-electron chi connectivity index (χ4n) is 2.05. The summed E-state index contributed by atoms with van der Waals surface area (Å²) in [5, 5.41) is 30.7. The van der Waals surface area contributed by atoms with Gasteiger partial charge in [0, 0.05) is 24.3 Å². The lowest BCUT2D eigenvalue weighted by atomic mass is 9.99. The third-order valence-corrected chi connectivity index (χ3v) is 3.05. The van der Waals surface area contributed by atoms with Gasteiger partial charge in [0.05, 0.1) is 15.4 Å². The van der Waals surface area contributed by atoms with E-state index in [1.807, 2.05) is 0 Å². The predicted molar refractivity (Wildman–Crippen MR) is 76.0 cm³/mol. The fraction of sp³-hybridized carbons (Fsp3) is 0.0714. The minimum atomic E-state index is -1.21. The summed E-state index contributed by atoms with van der Waals surface area (Å²) >= 11 is 0. The fourth-order valence-corrected chi connectivity index (χ4v) is 2.05. The Morgan fingerprint density at radius 2 is 1.64 bits per heavy atom. The molecule has 0 atom stereocenters. The molecule has 0 unspecified atom stereocenters. The topological polar surface area (TPSA) is 124 Å². The van der Waals surface area contributed by atoms with E-state index in [-0.39, 0.29) is 28.9 Å². The maximum Gasteiger partial charge on any atom is 0.335 e. The van der Waals surface area contributed by atoms with Gasteiger partial charge in [-0.05, 0) is 23.6 Å². The first-order valence-corrected chi connectivity index (χ1v) is 6.12. The standard InChI is InChI=1S/C14H10N2O6/c17-14(18)13-5-4-12(16(21)22)8-10(13)6-9-2-1-3-11(7-9)15(19)20/h1-5,7-8H,6H2,(H,17,18). The lowest BCUT2D eigenvalue weighted by molar-refractivity contribution is -0.385.